The van der Waals surface area contributed by atoms with Gasteiger partial charge in [0.25, 0.3) is 0 Å². The van der Waals surface area contributed by atoms with Gasteiger partial charge in [0, 0.05) is 18.4 Å². The molecule has 0 bridgehead atoms. The molecule has 0 radical (unpaired) electrons. The van der Waals surface area contributed by atoms with E-state index in [0.717, 1.165) is 24.0 Å². The first kappa shape index (κ1) is 12.3. The van der Waals surface area contributed by atoms with Crippen molar-refractivity contribution < 1.29 is 14.6 Å². The standard InChI is InChI=1S/C12H16NO3P/c1-16-10-4-9-6-13(7-12(14)15)3-2-8(9)5-11(10)17/h4-5H,2-3,6-7,17H2,1H3,(H,14,15). The van der Waals surface area contributed by atoms with Crippen LogP contribution in [0.3, 0.4) is 0 Å². The zero-order valence-corrected chi connectivity index (χ0v) is 10.9. The van der Waals surface area contributed by atoms with Gasteiger partial charge in [0.1, 0.15) is 5.75 Å². The van der Waals surface area contributed by atoms with Crippen molar-refractivity contribution >= 4 is 20.5 Å². The Kier molecular flexibility index (Phi) is 3.65. The second kappa shape index (κ2) is 5.03. The number of ether oxygens (including phenoxy) is 1. The van der Waals surface area contributed by atoms with Crippen LogP contribution < -0.4 is 10.0 Å². The quantitative estimate of drug-likeness (QED) is 0.803. The van der Waals surface area contributed by atoms with Crippen molar-refractivity contribution in [3.8, 4) is 5.75 Å². The lowest BCUT2D eigenvalue weighted by Crippen LogP contribution is -2.35. The van der Waals surface area contributed by atoms with E-state index in [2.05, 4.69) is 15.3 Å². The molecule has 0 fully saturated rings. The fourth-order valence-corrected chi connectivity index (χ4v) is 2.57. The fraction of sp³-hybridized carbons (Fsp3) is 0.417. The molecule has 1 heterocycles. The highest BCUT2D eigenvalue weighted by Gasteiger charge is 2.19. The van der Waals surface area contributed by atoms with Gasteiger partial charge in [-0.3, -0.25) is 9.69 Å². The Morgan fingerprint density at radius 2 is 2.29 bits per heavy atom. The van der Waals surface area contributed by atoms with Crippen molar-refractivity contribution in [3.63, 3.8) is 0 Å². The second-order valence-corrected chi connectivity index (χ2v) is 4.84. The number of nitrogens with zero attached hydrogens (tertiary/aromatic N) is 1. The highest BCUT2D eigenvalue weighted by molar-refractivity contribution is 7.27. The number of carboxylic acid groups (broad SMARTS) is 1. The molecule has 0 aliphatic carbocycles. The van der Waals surface area contributed by atoms with Gasteiger partial charge in [-0.25, -0.2) is 0 Å². The van der Waals surface area contributed by atoms with Crippen LogP contribution in [-0.2, 0) is 17.8 Å². The van der Waals surface area contributed by atoms with E-state index in [1.54, 1.807) is 7.11 Å². The molecular weight excluding hydrogens is 237 g/mol. The lowest BCUT2D eigenvalue weighted by molar-refractivity contribution is -0.138. The third-order valence-electron chi connectivity index (χ3n) is 3.00. The molecule has 1 aliphatic heterocycles. The van der Waals surface area contributed by atoms with Crippen LogP contribution in [0.2, 0.25) is 0 Å². The Morgan fingerprint density at radius 1 is 1.53 bits per heavy atom. The lowest BCUT2D eigenvalue weighted by atomic mass is 9.99. The van der Waals surface area contributed by atoms with Crippen LogP contribution in [0.5, 0.6) is 5.75 Å². The molecule has 1 aromatic rings. The monoisotopic (exact) mass is 253 g/mol. The highest BCUT2D eigenvalue weighted by atomic mass is 31.0. The summed E-state index contributed by atoms with van der Waals surface area (Å²) >= 11 is 0. The van der Waals surface area contributed by atoms with Crippen LogP contribution in [0, 0.1) is 0 Å². The number of aliphatic carboxylic acids is 1. The summed E-state index contributed by atoms with van der Waals surface area (Å²) in [5.41, 5.74) is 2.46. The number of carboxylic acids is 1. The molecular formula is C12H16NO3P. The van der Waals surface area contributed by atoms with E-state index < -0.39 is 5.97 Å². The number of hydrogen-bond donors (Lipinski definition) is 1. The van der Waals surface area contributed by atoms with Gasteiger partial charge in [-0.1, -0.05) is 0 Å². The summed E-state index contributed by atoms with van der Waals surface area (Å²) in [6, 6.07) is 4.11. The molecule has 1 unspecified atom stereocenters. The molecule has 0 spiro atoms. The number of fused-ring (bicyclic) bond motifs is 1. The van der Waals surface area contributed by atoms with E-state index in [0.29, 0.717) is 6.54 Å². The molecule has 2 rings (SSSR count). The molecule has 0 saturated carbocycles. The molecule has 1 aromatic carbocycles. The van der Waals surface area contributed by atoms with E-state index in [4.69, 9.17) is 9.84 Å². The van der Waals surface area contributed by atoms with Crippen molar-refractivity contribution in [3.05, 3.63) is 23.3 Å². The summed E-state index contributed by atoms with van der Waals surface area (Å²) in [5, 5.41) is 9.84. The molecule has 0 amide bonds. The topological polar surface area (TPSA) is 49.8 Å². The minimum atomic E-state index is -0.775. The zero-order chi connectivity index (χ0) is 12.4. The maximum atomic E-state index is 10.7. The Balaban J connectivity index is 2.22. The number of methoxy groups -OCH3 is 1. The normalized spacial score (nSPS) is 15.4. The first-order valence-corrected chi connectivity index (χ1v) is 6.07. The number of hydrogen-bond acceptors (Lipinski definition) is 3. The first-order chi connectivity index (χ1) is 8.10. The van der Waals surface area contributed by atoms with Gasteiger partial charge in [-0.15, -0.1) is 9.24 Å². The molecule has 1 N–H and O–H groups in total. The largest absolute Gasteiger partial charge is 0.496 e. The Morgan fingerprint density at radius 3 is 2.94 bits per heavy atom. The van der Waals surface area contributed by atoms with Crippen LogP contribution in [0.15, 0.2) is 12.1 Å². The molecule has 1 atom stereocenters. The first-order valence-electron chi connectivity index (χ1n) is 5.49. The highest BCUT2D eigenvalue weighted by Crippen LogP contribution is 2.23. The van der Waals surface area contributed by atoms with E-state index in [1.165, 1.54) is 11.1 Å². The average Bonchev–Trinajstić information content (AvgIpc) is 2.28. The molecule has 4 nitrogen and oxygen atoms in total. The van der Waals surface area contributed by atoms with Gasteiger partial charge in [0.2, 0.25) is 0 Å². The molecule has 17 heavy (non-hydrogen) atoms. The number of benzene rings is 1. The third kappa shape index (κ3) is 2.76. The summed E-state index contributed by atoms with van der Waals surface area (Å²) in [7, 11) is 4.31. The molecule has 1 aliphatic rings. The van der Waals surface area contributed by atoms with Gasteiger partial charge in [-0.05, 0) is 29.7 Å². The van der Waals surface area contributed by atoms with Crippen molar-refractivity contribution in [1.82, 2.24) is 4.90 Å². The van der Waals surface area contributed by atoms with Crippen molar-refractivity contribution in [2.45, 2.75) is 13.0 Å². The van der Waals surface area contributed by atoms with E-state index >= 15 is 0 Å². The predicted octanol–water partition coefficient (Wildman–Crippen LogP) is 0.638. The van der Waals surface area contributed by atoms with Gasteiger partial charge in [0.15, 0.2) is 0 Å². The SMILES string of the molecule is COc1cc2c(cc1P)CCN(CC(=O)O)C2. The summed E-state index contributed by atoms with van der Waals surface area (Å²) in [4.78, 5) is 12.6. The number of rotatable bonds is 3. The second-order valence-electron chi connectivity index (χ2n) is 4.22. The summed E-state index contributed by atoms with van der Waals surface area (Å²) in [6.45, 7) is 1.59. The van der Waals surface area contributed by atoms with Crippen LogP contribution in [-0.4, -0.2) is 36.2 Å². The average molecular weight is 253 g/mol. The Labute approximate surface area is 103 Å². The van der Waals surface area contributed by atoms with Crippen molar-refractivity contribution in [1.29, 1.82) is 0 Å². The van der Waals surface area contributed by atoms with Crippen LogP contribution >= 0.6 is 9.24 Å². The minimum Gasteiger partial charge on any atom is -0.496 e. The van der Waals surface area contributed by atoms with E-state index in [1.807, 2.05) is 11.0 Å². The maximum absolute atomic E-state index is 10.7. The van der Waals surface area contributed by atoms with Crippen LogP contribution in [0.4, 0.5) is 0 Å². The van der Waals surface area contributed by atoms with E-state index in [-0.39, 0.29) is 6.54 Å². The van der Waals surface area contributed by atoms with Crippen LogP contribution in [0.1, 0.15) is 11.1 Å². The smallest absolute Gasteiger partial charge is 0.317 e. The van der Waals surface area contributed by atoms with Crippen molar-refractivity contribution in [2.24, 2.45) is 0 Å². The summed E-state index contributed by atoms with van der Waals surface area (Å²) < 4.78 is 5.27. The molecule has 0 aromatic heterocycles. The predicted molar refractivity (Wildman–Crippen MR) is 69.0 cm³/mol. The van der Waals surface area contributed by atoms with Gasteiger partial charge >= 0.3 is 5.97 Å². The molecule has 5 heteroatoms. The minimum absolute atomic E-state index is 0.102. The summed E-state index contributed by atoms with van der Waals surface area (Å²) in [6.07, 6.45) is 0.897. The van der Waals surface area contributed by atoms with Gasteiger partial charge in [-0.2, -0.15) is 0 Å². The number of carbonyl (C=O) groups is 1. The molecule has 0 saturated heterocycles. The molecule has 92 valence electrons. The third-order valence-corrected chi connectivity index (χ3v) is 3.45. The van der Waals surface area contributed by atoms with Crippen LogP contribution in [0.25, 0.3) is 0 Å². The van der Waals surface area contributed by atoms with Gasteiger partial charge < -0.3 is 9.84 Å². The lowest BCUT2D eigenvalue weighted by Gasteiger charge is -2.28. The van der Waals surface area contributed by atoms with Gasteiger partial charge in [0.05, 0.1) is 13.7 Å². The fourth-order valence-electron chi connectivity index (χ4n) is 2.17. The maximum Gasteiger partial charge on any atom is 0.317 e. The summed E-state index contributed by atoms with van der Waals surface area (Å²) in [5.74, 6) is 0.0639. The zero-order valence-electron chi connectivity index (χ0n) is 9.77. The Hall–Kier alpha value is -1.12. The Bertz CT molecular complexity index is 448. The van der Waals surface area contributed by atoms with Crippen molar-refractivity contribution in [2.75, 3.05) is 20.2 Å². The van der Waals surface area contributed by atoms with E-state index in [9.17, 15) is 4.79 Å².